The molecule has 0 spiro atoms. The Labute approximate surface area is 154 Å². The van der Waals surface area contributed by atoms with Gasteiger partial charge in [-0.3, -0.25) is 4.98 Å². The van der Waals surface area contributed by atoms with Gasteiger partial charge in [-0.15, -0.1) is 0 Å². The summed E-state index contributed by atoms with van der Waals surface area (Å²) in [4.78, 5) is 17.4. The largest absolute Gasteiger partial charge is 0.334 e. The van der Waals surface area contributed by atoms with Crippen molar-refractivity contribution in [1.29, 1.82) is 0 Å². The Morgan fingerprint density at radius 1 is 1.00 bits per heavy atom. The Bertz CT molecular complexity index is 895. The van der Waals surface area contributed by atoms with Crippen LogP contribution in [0.5, 0.6) is 0 Å². The number of benzene rings is 2. The van der Waals surface area contributed by atoms with Crippen molar-refractivity contribution in [2.24, 2.45) is 0 Å². The van der Waals surface area contributed by atoms with Crippen molar-refractivity contribution in [2.75, 3.05) is 5.32 Å². The molecular weight excluding hydrogens is 346 g/mol. The third kappa shape index (κ3) is 4.77. The molecule has 2 amide bonds. The third-order valence-electron chi connectivity index (χ3n) is 3.74. The van der Waals surface area contributed by atoms with Gasteiger partial charge in [-0.25, -0.2) is 9.00 Å². The van der Waals surface area contributed by atoms with Gasteiger partial charge in [0.15, 0.2) is 0 Å². The van der Waals surface area contributed by atoms with E-state index in [-0.39, 0.29) is 6.03 Å². The summed E-state index contributed by atoms with van der Waals surface area (Å²) < 4.78 is 12.6. The zero-order valence-electron chi connectivity index (χ0n) is 14.3. The number of anilines is 1. The topological polar surface area (TPSA) is 71.1 Å². The fourth-order valence-corrected chi connectivity index (χ4v) is 3.36. The van der Waals surface area contributed by atoms with Crippen LogP contribution >= 0.6 is 0 Å². The fraction of sp³-hybridized carbons (Fsp3) is 0.100. The first-order chi connectivity index (χ1) is 12.6. The summed E-state index contributed by atoms with van der Waals surface area (Å²) in [6.45, 7) is 2.39. The molecule has 0 radical (unpaired) electrons. The summed E-state index contributed by atoms with van der Waals surface area (Å²) in [7, 11) is -1.24. The maximum absolute atomic E-state index is 12.6. The minimum Gasteiger partial charge on any atom is -0.334 e. The number of carbonyl (C=O) groups is 1. The molecule has 3 aromatic rings. The zero-order chi connectivity index (χ0) is 18.4. The first-order valence-corrected chi connectivity index (χ1v) is 9.29. The molecule has 3 rings (SSSR count). The second-order valence-electron chi connectivity index (χ2n) is 5.78. The lowest BCUT2D eigenvalue weighted by atomic mass is 10.2. The number of aryl methyl sites for hydroxylation is 1. The number of aromatic nitrogens is 1. The van der Waals surface area contributed by atoms with E-state index in [9.17, 15) is 9.00 Å². The molecule has 0 saturated carbocycles. The van der Waals surface area contributed by atoms with Crippen molar-refractivity contribution in [3.63, 3.8) is 0 Å². The number of nitrogens with one attached hydrogen (secondary N) is 2. The van der Waals surface area contributed by atoms with Crippen molar-refractivity contribution in [3.8, 4) is 0 Å². The lowest BCUT2D eigenvalue weighted by Crippen LogP contribution is -2.28. The number of rotatable bonds is 5. The Morgan fingerprint density at radius 2 is 1.65 bits per heavy atom. The molecule has 0 saturated heterocycles. The highest BCUT2D eigenvalue weighted by Gasteiger charge is 2.08. The second kappa shape index (κ2) is 8.40. The van der Waals surface area contributed by atoms with E-state index in [1.807, 2.05) is 43.3 Å². The molecule has 1 aromatic heterocycles. The van der Waals surface area contributed by atoms with E-state index in [1.54, 1.807) is 36.7 Å². The Morgan fingerprint density at radius 3 is 2.27 bits per heavy atom. The summed E-state index contributed by atoms with van der Waals surface area (Å²) in [6.07, 6.45) is 3.39. The fourth-order valence-electron chi connectivity index (χ4n) is 2.32. The van der Waals surface area contributed by atoms with Gasteiger partial charge in [0.2, 0.25) is 0 Å². The molecule has 0 aliphatic carbocycles. The van der Waals surface area contributed by atoms with E-state index in [2.05, 4.69) is 15.6 Å². The predicted octanol–water partition coefficient (Wildman–Crippen LogP) is 3.88. The highest BCUT2D eigenvalue weighted by atomic mass is 32.2. The molecule has 132 valence electrons. The highest BCUT2D eigenvalue weighted by Crippen LogP contribution is 2.19. The van der Waals surface area contributed by atoms with Gasteiger partial charge in [-0.05, 0) is 55.0 Å². The monoisotopic (exact) mass is 365 g/mol. The van der Waals surface area contributed by atoms with Gasteiger partial charge in [0.1, 0.15) is 0 Å². The minimum absolute atomic E-state index is 0.304. The average molecular weight is 365 g/mol. The zero-order valence-corrected chi connectivity index (χ0v) is 15.1. The lowest BCUT2D eigenvalue weighted by Gasteiger charge is -2.08. The number of carbonyl (C=O) groups excluding carboxylic acids is 1. The van der Waals surface area contributed by atoms with Crippen LogP contribution in [0.1, 0.15) is 11.1 Å². The van der Waals surface area contributed by atoms with E-state index < -0.39 is 10.8 Å². The maximum atomic E-state index is 12.6. The van der Waals surface area contributed by atoms with Gasteiger partial charge in [0, 0.05) is 34.4 Å². The molecule has 2 N–H and O–H groups in total. The lowest BCUT2D eigenvalue weighted by molar-refractivity contribution is 0.251. The SMILES string of the molecule is Cc1ccc(S(=O)c2ccc(NC(=O)NCc3cccnc3)cc2)cc1. The van der Waals surface area contributed by atoms with Crippen LogP contribution in [0.3, 0.4) is 0 Å². The van der Waals surface area contributed by atoms with Gasteiger partial charge in [0.05, 0.1) is 10.8 Å². The molecule has 6 heteroatoms. The quantitative estimate of drug-likeness (QED) is 0.721. The van der Waals surface area contributed by atoms with Gasteiger partial charge in [-0.2, -0.15) is 0 Å². The third-order valence-corrected chi connectivity index (χ3v) is 5.14. The Balaban J connectivity index is 1.58. The van der Waals surface area contributed by atoms with E-state index in [1.165, 1.54) is 0 Å². The molecule has 1 heterocycles. The molecule has 1 atom stereocenters. The first-order valence-electron chi connectivity index (χ1n) is 8.14. The number of pyridine rings is 1. The smallest absolute Gasteiger partial charge is 0.319 e. The van der Waals surface area contributed by atoms with Crippen molar-refractivity contribution in [2.45, 2.75) is 23.3 Å². The molecule has 2 aromatic carbocycles. The van der Waals surface area contributed by atoms with E-state index in [0.717, 1.165) is 16.0 Å². The summed E-state index contributed by atoms with van der Waals surface area (Å²) in [6, 6.07) is 18.0. The molecule has 0 bridgehead atoms. The van der Waals surface area contributed by atoms with Crippen molar-refractivity contribution in [3.05, 3.63) is 84.2 Å². The van der Waals surface area contributed by atoms with Gasteiger partial charge in [-0.1, -0.05) is 23.8 Å². The first kappa shape index (κ1) is 17.8. The number of urea groups is 1. The molecule has 0 fully saturated rings. The van der Waals surface area contributed by atoms with Gasteiger partial charge in [0.25, 0.3) is 0 Å². The molecular formula is C20H19N3O2S. The Hall–Kier alpha value is -2.99. The van der Waals surface area contributed by atoms with Crippen LogP contribution in [0.2, 0.25) is 0 Å². The van der Waals surface area contributed by atoms with Crippen LogP contribution < -0.4 is 10.6 Å². The standard InChI is InChI=1S/C20H19N3O2S/c1-15-4-8-18(9-5-15)26(25)19-10-6-17(7-11-19)23-20(24)22-14-16-3-2-12-21-13-16/h2-13H,14H2,1H3,(H2,22,23,24). The normalized spacial score (nSPS) is 11.6. The molecule has 0 aliphatic rings. The summed E-state index contributed by atoms with van der Waals surface area (Å²) in [5.41, 5.74) is 2.69. The van der Waals surface area contributed by atoms with Crippen LogP contribution in [0.4, 0.5) is 10.5 Å². The van der Waals surface area contributed by atoms with E-state index in [0.29, 0.717) is 17.1 Å². The van der Waals surface area contributed by atoms with Crippen LogP contribution in [-0.4, -0.2) is 15.2 Å². The maximum Gasteiger partial charge on any atom is 0.319 e. The second-order valence-corrected chi connectivity index (χ2v) is 7.26. The molecule has 26 heavy (non-hydrogen) atoms. The van der Waals surface area contributed by atoms with Gasteiger partial charge >= 0.3 is 6.03 Å². The average Bonchev–Trinajstić information content (AvgIpc) is 2.68. The van der Waals surface area contributed by atoms with Crippen LogP contribution in [0, 0.1) is 6.92 Å². The van der Waals surface area contributed by atoms with Crippen LogP contribution in [0.25, 0.3) is 0 Å². The summed E-state index contributed by atoms with van der Waals surface area (Å²) in [5, 5.41) is 5.52. The Kier molecular flexibility index (Phi) is 5.76. The number of amides is 2. The minimum atomic E-state index is -1.24. The predicted molar refractivity (Wildman–Crippen MR) is 102 cm³/mol. The summed E-state index contributed by atoms with van der Waals surface area (Å²) >= 11 is 0. The molecule has 5 nitrogen and oxygen atoms in total. The van der Waals surface area contributed by atoms with Gasteiger partial charge < -0.3 is 10.6 Å². The number of hydrogen-bond acceptors (Lipinski definition) is 3. The van der Waals surface area contributed by atoms with Crippen LogP contribution in [0.15, 0.2) is 82.8 Å². The van der Waals surface area contributed by atoms with Crippen molar-refractivity contribution < 1.29 is 9.00 Å². The number of hydrogen-bond donors (Lipinski definition) is 2. The van der Waals surface area contributed by atoms with E-state index in [4.69, 9.17) is 0 Å². The molecule has 0 aliphatic heterocycles. The highest BCUT2D eigenvalue weighted by molar-refractivity contribution is 7.85. The summed E-state index contributed by atoms with van der Waals surface area (Å²) in [5.74, 6) is 0. The van der Waals surface area contributed by atoms with Crippen LogP contribution in [-0.2, 0) is 17.3 Å². The molecule has 1 unspecified atom stereocenters. The van der Waals surface area contributed by atoms with E-state index >= 15 is 0 Å². The number of nitrogens with zero attached hydrogens (tertiary/aromatic N) is 1. The van der Waals surface area contributed by atoms with Crippen molar-refractivity contribution >= 4 is 22.5 Å². The van der Waals surface area contributed by atoms with Crippen molar-refractivity contribution in [1.82, 2.24) is 10.3 Å².